The van der Waals surface area contributed by atoms with Crippen molar-refractivity contribution in [2.45, 2.75) is 25.7 Å². The smallest absolute Gasteiger partial charge is 0.185 e. The third-order valence-corrected chi connectivity index (χ3v) is 4.91. The van der Waals surface area contributed by atoms with Gasteiger partial charge in [-0.2, -0.15) is 0 Å². The van der Waals surface area contributed by atoms with Crippen LogP contribution in [0.1, 0.15) is 24.8 Å². The lowest BCUT2D eigenvalue weighted by atomic mass is 9.91. The van der Waals surface area contributed by atoms with Crippen LogP contribution in [0.2, 0.25) is 0 Å². The minimum atomic E-state index is -0.428. The van der Waals surface area contributed by atoms with Crippen molar-refractivity contribution in [3.05, 3.63) is 47.0 Å². The summed E-state index contributed by atoms with van der Waals surface area (Å²) in [4.78, 5) is 6.63. The second kappa shape index (κ2) is 6.52. The van der Waals surface area contributed by atoms with Crippen molar-refractivity contribution in [1.29, 1.82) is 0 Å². The first-order valence-corrected chi connectivity index (χ1v) is 8.19. The Bertz CT molecular complexity index is 566. The number of hydrogen-bond acceptors (Lipinski definition) is 3. The van der Waals surface area contributed by atoms with Gasteiger partial charge in [0.2, 0.25) is 0 Å². The molecule has 112 valence electrons. The molecule has 2 heterocycles. The third-order valence-electron chi connectivity index (χ3n) is 4.07. The van der Waals surface area contributed by atoms with Crippen molar-refractivity contribution in [2.75, 3.05) is 18.0 Å². The summed E-state index contributed by atoms with van der Waals surface area (Å²) in [6.45, 7) is 1.96. The molecule has 0 spiro atoms. The number of halogens is 2. The van der Waals surface area contributed by atoms with Crippen molar-refractivity contribution in [3.63, 3.8) is 0 Å². The molecule has 0 bridgehead atoms. The topological polar surface area (TPSA) is 16.1 Å². The van der Waals surface area contributed by atoms with E-state index in [1.54, 1.807) is 11.3 Å². The Hall–Kier alpha value is -1.49. The molecular formula is C16H18F2N2S. The van der Waals surface area contributed by atoms with E-state index in [1.165, 1.54) is 18.2 Å². The molecule has 0 N–H and O–H groups in total. The lowest BCUT2D eigenvalue weighted by Crippen LogP contribution is -2.35. The molecule has 1 atom stereocenters. The molecule has 2 nitrogen and oxygen atoms in total. The molecule has 0 radical (unpaired) electrons. The van der Waals surface area contributed by atoms with Crippen molar-refractivity contribution in [3.8, 4) is 0 Å². The molecule has 3 rings (SSSR count). The predicted molar refractivity (Wildman–Crippen MR) is 81.7 cm³/mol. The fraction of sp³-hybridized carbons (Fsp3) is 0.438. The first-order chi connectivity index (χ1) is 10.2. The summed E-state index contributed by atoms with van der Waals surface area (Å²) in [6, 6.07) is 4.08. The van der Waals surface area contributed by atoms with Crippen LogP contribution in [0, 0.1) is 17.6 Å². The molecule has 0 unspecified atom stereocenters. The van der Waals surface area contributed by atoms with Gasteiger partial charge in [-0.05, 0) is 43.7 Å². The van der Waals surface area contributed by atoms with Crippen LogP contribution in [0.5, 0.6) is 0 Å². The number of rotatable bonds is 4. The average molecular weight is 308 g/mol. The lowest BCUT2D eigenvalue weighted by Gasteiger charge is -2.32. The standard InChI is InChI=1S/C16H18F2N2S/c17-14-4-1-5-15(18)13(14)7-6-12-3-2-9-20(11-12)16-19-8-10-21-16/h1,4-5,8,10,12H,2-3,6-7,9,11H2/t12-/m0/s1. The number of nitrogens with zero attached hydrogens (tertiary/aromatic N) is 2. The van der Waals surface area contributed by atoms with Crippen LogP contribution < -0.4 is 4.90 Å². The number of hydrogen-bond donors (Lipinski definition) is 0. The van der Waals surface area contributed by atoms with Gasteiger partial charge in [-0.1, -0.05) is 6.07 Å². The Kier molecular flexibility index (Phi) is 4.48. The molecule has 0 saturated carbocycles. The van der Waals surface area contributed by atoms with Gasteiger partial charge in [0.05, 0.1) is 0 Å². The zero-order valence-corrected chi connectivity index (χ0v) is 12.6. The Morgan fingerprint density at radius 1 is 1.29 bits per heavy atom. The van der Waals surface area contributed by atoms with Crippen molar-refractivity contribution in [2.24, 2.45) is 5.92 Å². The fourth-order valence-corrected chi connectivity index (χ4v) is 3.65. The van der Waals surface area contributed by atoms with E-state index in [1.807, 2.05) is 11.6 Å². The molecular weight excluding hydrogens is 290 g/mol. The molecule has 0 amide bonds. The predicted octanol–water partition coefficient (Wildman–Crippen LogP) is 4.27. The summed E-state index contributed by atoms with van der Waals surface area (Å²) in [6.07, 6.45) is 5.34. The summed E-state index contributed by atoms with van der Waals surface area (Å²) in [5.74, 6) is -0.383. The average Bonchev–Trinajstić information content (AvgIpc) is 3.01. The SMILES string of the molecule is Fc1cccc(F)c1CC[C@@H]1CCCN(c2nccs2)C1. The second-order valence-electron chi connectivity index (χ2n) is 5.51. The molecule has 0 aliphatic carbocycles. The van der Waals surface area contributed by atoms with Gasteiger partial charge in [-0.3, -0.25) is 0 Å². The Balaban J connectivity index is 1.60. The van der Waals surface area contributed by atoms with Gasteiger partial charge < -0.3 is 4.90 Å². The van der Waals surface area contributed by atoms with Gasteiger partial charge in [0.1, 0.15) is 11.6 Å². The first-order valence-electron chi connectivity index (χ1n) is 7.31. The monoisotopic (exact) mass is 308 g/mol. The van der Waals surface area contributed by atoms with Crippen LogP contribution >= 0.6 is 11.3 Å². The highest BCUT2D eigenvalue weighted by Gasteiger charge is 2.22. The van der Waals surface area contributed by atoms with E-state index in [2.05, 4.69) is 9.88 Å². The highest BCUT2D eigenvalue weighted by Crippen LogP contribution is 2.27. The molecule has 1 aromatic heterocycles. The summed E-state index contributed by atoms with van der Waals surface area (Å²) in [5.41, 5.74) is 0.226. The van der Waals surface area contributed by atoms with Crippen molar-refractivity contribution in [1.82, 2.24) is 4.98 Å². The van der Waals surface area contributed by atoms with Crippen LogP contribution in [0.3, 0.4) is 0 Å². The van der Waals surface area contributed by atoms with E-state index in [9.17, 15) is 8.78 Å². The number of benzene rings is 1. The molecule has 1 fully saturated rings. The van der Waals surface area contributed by atoms with Crippen molar-refractivity contribution < 1.29 is 8.78 Å². The minimum absolute atomic E-state index is 0.226. The van der Waals surface area contributed by atoms with Crippen LogP contribution in [0.4, 0.5) is 13.9 Å². The highest BCUT2D eigenvalue weighted by atomic mass is 32.1. The lowest BCUT2D eigenvalue weighted by molar-refractivity contribution is 0.386. The van der Waals surface area contributed by atoms with Gasteiger partial charge in [0.15, 0.2) is 5.13 Å². The third kappa shape index (κ3) is 3.40. The maximum absolute atomic E-state index is 13.6. The molecule has 2 aromatic rings. The van der Waals surface area contributed by atoms with Gasteiger partial charge in [0.25, 0.3) is 0 Å². The summed E-state index contributed by atoms with van der Waals surface area (Å²) in [7, 11) is 0. The highest BCUT2D eigenvalue weighted by molar-refractivity contribution is 7.13. The molecule has 21 heavy (non-hydrogen) atoms. The van der Waals surface area contributed by atoms with E-state index < -0.39 is 11.6 Å². The van der Waals surface area contributed by atoms with Crippen LogP contribution in [-0.4, -0.2) is 18.1 Å². The van der Waals surface area contributed by atoms with E-state index in [0.29, 0.717) is 12.3 Å². The van der Waals surface area contributed by atoms with Crippen LogP contribution in [0.25, 0.3) is 0 Å². The summed E-state index contributed by atoms with van der Waals surface area (Å²) in [5, 5.41) is 3.03. The Labute approximate surface area is 127 Å². The quantitative estimate of drug-likeness (QED) is 0.838. The summed E-state index contributed by atoms with van der Waals surface area (Å²) >= 11 is 1.65. The summed E-state index contributed by atoms with van der Waals surface area (Å²) < 4.78 is 27.3. The molecule has 1 aliphatic heterocycles. The zero-order valence-electron chi connectivity index (χ0n) is 11.8. The Morgan fingerprint density at radius 2 is 2.10 bits per heavy atom. The number of thiazole rings is 1. The second-order valence-corrected chi connectivity index (χ2v) is 6.38. The largest absolute Gasteiger partial charge is 0.348 e. The zero-order chi connectivity index (χ0) is 14.7. The minimum Gasteiger partial charge on any atom is -0.348 e. The molecule has 1 aliphatic rings. The Morgan fingerprint density at radius 3 is 2.81 bits per heavy atom. The van der Waals surface area contributed by atoms with Gasteiger partial charge in [0, 0.05) is 30.2 Å². The van der Waals surface area contributed by atoms with Gasteiger partial charge in [-0.15, -0.1) is 11.3 Å². The number of piperidine rings is 1. The maximum Gasteiger partial charge on any atom is 0.185 e. The van der Waals surface area contributed by atoms with E-state index in [4.69, 9.17) is 0 Å². The van der Waals surface area contributed by atoms with Crippen LogP contribution in [0.15, 0.2) is 29.8 Å². The number of aromatic nitrogens is 1. The maximum atomic E-state index is 13.6. The van der Waals surface area contributed by atoms with E-state index >= 15 is 0 Å². The van der Waals surface area contributed by atoms with Gasteiger partial charge in [-0.25, -0.2) is 13.8 Å². The molecule has 1 saturated heterocycles. The molecule has 1 aromatic carbocycles. The van der Waals surface area contributed by atoms with Gasteiger partial charge >= 0.3 is 0 Å². The number of anilines is 1. The van der Waals surface area contributed by atoms with E-state index in [0.717, 1.165) is 37.5 Å². The van der Waals surface area contributed by atoms with Crippen LogP contribution in [-0.2, 0) is 6.42 Å². The first kappa shape index (κ1) is 14.4. The fourth-order valence-electron chi connectivity index (χ4n) is 2.97. The normalized spacial score (nSPS) is 19.0. The van der Waals surface area contributed by atoms with Crippen molar-refractivity contribution >= 4 is 16.5 Å². The molecule has 5 heteroatoms. The van der Waals surface area contributed by atoms with E-state index in [-0.39, 0.29) is 5.56 Å².